The molecule has 5 nitrogen and oxygen atoms in total. The summed E-state index contributed by atoms with van der Waals surface area (Å²) in [5.74, 6) is 0. The molecule has 0 aromatic rings. The number of hydrogen-bond acceptors (Lipinski definition) is 4. The maximum atomic E-state index is 11.9. The van der Waals surface area contributed by atoms with Gasteiger partial charge in [-0.15, -0.1) is 0 Å². The van der Waals surface area contributed by atoms with Crippen LogP contribution in [0.4, 0.5) is 4.79 Å². The molecule has 1 atom stereocenters. The summed E-state index contributed by atoms with van der Waals surface area (Å²) in [7, 11) is 0. The number of carbonyl (C=O) groups is 1. The second-order valence-electron chi connectivity index (χ2n) is 5.57. The molecule has 17 heavy (non-hydrogen) atoms. The van der Waals surface area contributed by atoms with E-state index in [4.69, 9.17) is 9.57 Å². The van der Waals surface area contributed by atoms with Crippen LogP contribution in [0.15, 0.2) is 5.16 Å². The van der Waals surface area contributed by atoms with Gasteiger partial charge in [-0.05, 0) is 36.7 Å². The Kier molecular flexibility index (Phi) is 3.10. The number of rotatable bonds is 0. The van der Waals surface area contributed by atoms with E-state index in [2.05, 4.69) is 21.1 Å². The highest BCUT2D eigenvalue weighted by Gasteiger charge is 2.47. The monoisotopic (exact) mass is 304 g/mol. The standard InChI is InChI=1S/C11H17BrN2O3/c1-10(2,3)16-9(15)14-5-4-11(7-14)6-8(12)13-17-11/h4-7H2,1-3H3/t11-/m1/s1. The molecule has 2 heterocycles. The molecule has 6 heteroatoms. The van der Waals surface area contributed by atoms with Gasteiger partial charge in [0.2, 0.25) is 0 Å². The van der Waals surface area contributed by atoms with E-state index < -0.39 is 5.60 Å². The van der Waals surface area contributed by atoms with Crippen molar-refractivity contribution in [1.29, 1.82) is 0 Å². The Bertz CT molecular complexity index is 364. The molecular formula is C11H17BrN2O3. The Balaban J connectivity index is 1.92. The van der Waals surface area contributed by atoms with E-state index in [-0.39, 0.29) is 11.7 Å². The predicted octanol–water partition coefficient (Wildman–Crippen LogP) is 2.49. The highest BCUT2D eigenvalue weighted by Crippen LogP contribution is 2.35. The third kappa shape index (κ3) is 2.91. The first-order valence-corrected chi connectivity index (χ1v) is 6.47. The molecule has 1 amide bonds. The van der Waals surface area contributed by atoms with Gasteiger partial charge >= 0.3 is 6.09 Å². The van der Waals surface area contributed by atoms with E-state index in [0.717, 1.165) is 17.5 Å². The summed E-state index contributed by atoms with van der Waals surface area (Å²) in [6.45, 7) is 6.79. The lowest BCUT2D eigenvalue weighted by molar-refractivity contribution is -0.0159. The maximum absolute atomic E-state index is 11.9. The number of nitrogens with zero attached hydrogens (tertiary/aromatic N) is 2. The topological polar surface area (TPSA) is 51.1 Å². The SMILES string of the molecule is CC(C)(C)OC(=O)N1CC[C@@]2(CC(Br)=NO2)C1. The summed E-state index contributed by atoms with van der Waals surface area (Å²) in [6.07, 6.45) is 1.25. The Hall–Kier alpha value is -0.780. The zero-order chi connectivity index (χ0) is 12.7. The van der Waals surface area contributed by atoms with Gasteiger partial charge in [0.05, 0.1) is 6.54 Å². The molecule has 2 aliphatic heterocycles. The first-order chi connectivity index (χ1) is 7.80. The average Bonchev–Trinajstić information content (AvgIpc) is 2.72. The summed E-state index contributed by atoms with van der Waals surface area (Å²) in [6, 6.07) is 0. The van der Waals surface area contributed by atoms with Crippen molar-refractivity contribution in [3.8, 4) is 0 Å². The molecule has 2 rings (SSSR count). The molecule has 0 saturated carbocycles. The third-order valence-corrected chi connectivity index (χ3v) is 3.20. The number of likely N-dealkylation sites (tertiary alicyclic amines) is 1. The van der Waals surface area contributed by atoms with Crippen molar-refractivity contribution >= 4 is 26.6 Å². The van der Waals surface area contributed by atoms with Crippen molar-refractivity contribution < 1.29 is 14.4 Å². The number of carbonyl (C=O) groups excluding carboxylic acids is 1. The van der Waals surface area contributed by atoms with Crippen molar-refractivity contribution in [1.82, 2.24) is 4.90 Å². The van der Waals surface area contributed by atoms with Gasteiger partial charge in [0, 0.05) is 19.4 Å². The van der Waals surface area contributed by atoms with E-state index in [0.29, 0.717) is 13.1 Å². The van der Waals surface area contributed by atoms with E-state index >= 15 is 0 Å². The molecule has 0 aromatic heterocycles. The van der Waals surface area contributed by atoms with Crippen LogP contribution < -0.4 is 0 Å². The van der Waals surface area contributed by atoms with Gasteiger partial charge in [-0.3, -0.25) is 0 Å². The minimum atomic E-state index is -0.458. The zero-order valence-corrected chi connectivity index (χ0v) is 11.9. The Morgan fingerprint density at radius 3 is 2.82 bits per heavy atom. The Labute approximate surface area is 109 Å². The van der Waals surface area contributed by atoms with Crippen LogP contribution in [-0.4, -0.2) is 39.9 Å². The molecule has 0 bridgehead atoms. The van der Waals surface area contributed by atoms with Crippen LogP contribution in [0.5, 0.6) is 0 Å². The van der Waals surface area contributed by atoms with E-state index in [1.54, 1.807) is 4.90 Å². The van der Waals surface area contributed by atoms with Gasteiger partial charge in [-0.1, -0.05) is 5.16 Å². The molecule has 0 N–H and O–H groups in total. The predicted molar refractivity (Wildman–Crippen MR) is 67.2 cm³/mol. The molecule has 1 spiro atoms. The normalized spacial score (nSPS) is 28.2. The zero-order valence-electron chi connectivity index (χ0n) is 10.3. The minimum absolute atomic E-state index is 0.277. The molecule has 0 aromatic carbocycles. The van der Waals surface area contributed by atoms with Crippen LogP contribution in [0.2, 0.25) is 0 Å². The fraction of sp³-hybridized carbons (Fsp3) is 0.818. The van der Waals surface area contributed by atoms with Crippen molar-refractivity contribution in [2.24, 2.45) is 5.16 Å². The van der Waals surface area contributed by atoms with Crippen LogP contribution in [0, 0.1) is 0 Å². The molecule has 0 radical (unpaired) electrons. The number of hydrogen-bond donors (Lipinski definition) is 0. The van der Waals surface area contributed by atoms with Crippen LogP contribution >= 0.6 is 15.9 Å². The second-order valence-corrected chi connectivity index (χ2v) is 6.49. The van der Waals surface area contributed by atoms with Gasteiger partial charge in [0.1, 0.15) is 10.2 Å². The molecule has 2 aliphatic rings. The van der Waals surface area contributed by atoms with Crippen LogP contribution in [0.1, 0.15) is 33.6 Å². The lowest BCUT2D eigenvalue weighted by Gasteiger charge is -2.25. The van der Waals surface area contributed by atoms with E-state index in [1.165, 1.54) is 0 Å². The summed E-state index contributed by atoms with van der Waals surface area (Å²) < 4.78 is 6.14. The number of halogens is 1. The fourth-order valence-corrected chi connectivity index (χ4v) is 2.61. The summed E-state index contributed by atoms with van der Waals surface area (Å²) in [5.41, 5.74) is -0.795. The van der Waals surface area contributed by atoms with Crippen molar-refractivity contribution in [2.75, 3.05) is 13.1 Å². The van der Waals surface area contributed by atoms with Crippen LogP contribution in [-0.2, 0) is 9.57 Å². The minimum Gasteiger partial charge on any atom is -0.444 e. The smallest absolute Gasteiger partial charge is 0.410 e. The number of ether oxygens (including phenoxy) is 1. The Morgan fingerprint density at radius 2 is 2.29 bits per heavy atom. The lowest BCUT2D eigenvalue weighted by Crippen LogP contribution is -2.39. The fourth-order valence-electron chi connectivity index (χ4n) is 2.02. The molecule has 1 saturated heterocycles. The van der Waals surface area contributed by atoms with E-state index in [1.807, 2.05) is 20.8 Å². The summed E-state index contributed by atoms with van der Waals surface area (Å²) in [4.78, 5) is 19.0. The quantitative estimate of drug-likeness (QED) is 0.691. The van der Waals surface area contributed by atoms with Gasteiger partial charge < -0.3 is 14.5 Å². The van der Waals surface area contributed by atoms with Crippen LogP contribution in [0.3, 0.4) is 0 Å². The molecule has 1 fully saturated rings. The summed E-state index contributed by atoms with van der Waals surface area (Å²) in [5, 5.41) is 3.89. The molecule has 0 aliphatic carbocycles. The first-order valence-electron chi connectivity index (χ1n) is 5.68. The first kappa shape index (κ1) is 12.7. The third-order valence-electron chi connectivity index (χ3n) is 2.77. The van der Waals surface area contributed by atoms with Gasteiger partial charge in [0.25, 0.3) is 0 Å². The largest absolute Gasteiger partial charge is 0.444 e. The Morgan fingerprint density at radius 1 is 1.59 bits per heavy atom. The highest BCUT2D eigenvalue weighted by atomic mass is 79.9. The molecular weight excluding hydrogens is 288 g/mol. The molecule has 0 unspecified atom stereocenters. The van der Waals surface area contributed by atoms with Gasteiger partial charge in [0.15, 0.2) is 5.60 Å². The van der Waals surface area contributed by atoms with Crippen molar-refractivity contribution in [3.05, 3.63) is 0 Å². The highest BCUT2D eigenvalue weighted by molar-refractivity contribution is 9.18. The number of amides is 1. The second kappa shape index (κ2) is 4.15. The van der Waals surface area contributed by atoms with Gasteiger partial charge in [-0.2, -0.15) is 0 Å². The van der Waals surface area contributed by atoms with Crippen molar-refractivity contribution in [2.45, 2.75) is 44.8 Å². The molecule has 96 valence electrons. The summed E-state index contributed by atoms with van der Waals surface area (Å²) >= 11 is 3.32. The van der Waals surface area contributed by atoms with Gasteiger partial charge in [-0.25, -0.2) is 4.79 Å². The van der Waals surface area contributed by atoms with Crippen LogP contribution in [0.25, 0.3) is 0 Å². The maximum Gasteiger partial charge on any atom is 0.410 e. The lowest BCUT2D eigenvalue weighted by atomic mass is 10.0. The number of oxime groups is 1. The average molecular weight is 305 g/mol. The van der Waals surface area contributed by atoms with Crippen molar-refractivity contribution in [3.63, 3.8) is 0 Å². The van der Waals surface area contributed by atoms with E-state index in [9.17, 15) is 4.79 Å².